The molecule has 1 amide bonds. The fraction of sp³-hybridized carbons (Fsp3) is 0.462. The van der Waals surface area contributed by atoms with Crippen LogP contribution >= 0.6 is 15.9 Å². The summed E-state index contributed by atoms with van der Waals surface area (Å²) in [5.41, 5.74) is 0.328. The van der Waals surface area contributed by atoms with E-state index in [2.05, 4.69) is 21.2 Å². The Morgan fingerprint density at radius 3 is 2.45 bits per heavy atom. The second kappa shape index (κ2) is 6.69. The SMILES string of the molecule is CC(C)CNC(=O)c1ccc(Br)c(S(=O)(=O)N(C)C)c1. The van der Waals surface area contributed by atoms with Gasteiger partial charge >= 0.3 is 0 Å². The zero-order valence-corrected chi connectivity index (χ0v) is 14.4. The molecule has 1 N–H and O–H groups in total. The lowest BCUT2D eigenvalue weighted by Crippen LogP contribution is -2.28. The minimum atomic E-state index is -3.59. The van der Waals surface area contributed by atoms with Gasteiger partial charge in [0.25, 0.3) is 5.91 Å². The summed E-state index contributed by atoms with van der Waals surface area (Å²) in [4.78, 5) is 12.1. The van der Waals surface area contributed by atoms with Gasteiger partial charge in [-0.2, -0.15) is 0 Å². The van der Waals surface area contributed by atoms with Crippen molar-refractivity contribution in [2.45, 2.75) is 18.7 Å². The summed E-state index contributed by atoms with van der Waals surface area (Å²) in [5.74, 6) is 0.0563. The summed E-state index contributed by atoms with van der Waals surface area (Å²) in [7, 11) is -0.685. The Morgan fingerprint density at radius 2 is 1.95 bits per heavy atom. The number of hydrogen-bond donors (Lipinski definition) is 1. The van der Waals surface area contributed by atoms with Gasteiger partial charge in [-0.3, -0.25) is 4.79 Å². The smallest absolute Gasteiger partial charge is 0.251 e. The van der Waals surface area contributed by atoms with Gasteiger partial charge in [0.2, 0.25) is 10.0 Å². The summed E-state index contributed by atoms with van der Waals surface area (Å²) in [6, 6.07) is 4.55. The van der Waals surface area contributed by atoms with E-state index in [0.29, 0.717) is 22.5 Å². The second-order valence-electron chi connectivity index (χ2n) is 5.04. The number of carbonyl (C=O) groups is 1. The normalized spacial score (nSPS) is 11.9. The molecule has 0 aliphatic rings. The maximum atomic E-state index is 12.2. The molecular formula is C13H19BrN2O3S. The number of nitrogens with zero attached hydrogens (tertiary/aromatic N) is 1. The van der Waals surface area contributed by atoms with Gasteiger partial charge in [-0.15, -0.1) is 0 Å². The number of nitrogens with one attached hydrogen (secondary N) is 1. The van der Waals surface area contributed by atoms with Crippen LogP contribution in [0, 0.1) is 5.92 Å². The van der Waals surface area contributed by atoms with Crippen molar-refractivity contribution in [1.82, 2.24) is 9.62 Å². The highest BCUT2D eigenvalue weighted by Crippen LogP contribution is 2.25. The summed E-state index contributed by atoms with van der Waals surface area (Å²) < 4.78 is 25.9. The molecule has 1 aromatic carbocycles. The van der Waals surface area contributed by atoms with E-state index in [9.17, 15) is 13.2 Å². The van der Waals surface area contributed by atoms with E-state index in [1.807, 2.05) is 13.8 Å². The van der Waals surface area contributed by atoms with Gasteiger partial charge in [0.1, 0.15) is 0 Å². The summed E-state index contributed by atoms with van der Waals surface area (Å²) in [6.07, 6.45) is 0. The summed E-state index contributed by atoms with van der Waals surface area (Å²) in [6.45, 7) is 4.53. The fourth-order valence-electron chi connectivity index (χ4n) is 1.44. The fourth-order valence-corrected chi connectivity index (χ4v) is 3.28. The Kier molecular flexibility index (Phi) is 5.73. The first-order chi connectivity index (χ1) is 9.16. The third-order valence-electron chi connectivity index (χ3n) is 2.62. The van der Waals surface area contributed by atoms with Crippen molar-refractivity contribution in [1.29, 1.82) is 0 Å². The molecule has 1 aromatic rings. The highest BCUT2D eigenvalue weighted by Gasteiger charge is 2.22. The molecule has 7 heteroatoms. The topological polar surface area (TPSA) is 66.5 Å². The average molecular weight is 363 g/mol. The van der Waals surface area contributed by atoms with Gasteiger partial charge in [0.05, 0.1) is 4.90 Å². The lowest BCUT2D eigenvalue weighted by molar-refractivity contribution is 0.0949. The standard InChI is InChI=1S/C13H19BrN2O3S/c1-9(2)8-15-13(17)10-5-6-11(14)12(7-10)20(18,19)16(3)4/h5-7,9H,8H2,1-4H3,(H,15,17). The molecule has 1 rings (SSSR count). The first-order valence-electron chi connectivity index (χ1n) is 6.16. The molecule has 5 nitrogen and oxygen atoms in total. The average Bonchev–Trinajstić information content (AvgIpc) is 2.35. The van der Waals surface area contributed by atoms with Gasteiger partial charge in [-0.25, -0.2) is 12.7 Å². The second-order valence-corrected chi connectivity index (χ2v) is 8.01. The largest absolute Gasteiger partial charge is 0.352 e. The van der Waals surface area contributed by atoms with Gasteiger partial charge < -0.3 is 5.32 Å². The molecule has 0 atom stereocenters. The van der Waals surface area contributed by atoms with Crippen LogP contribution in [0.5, 0.6) is 0 Å². The number of halogens is 1. The van der Waals surface area contributed by atoms with Crippen LogP contribution in [0.1, 0.15) is 24.2 Å². The molecule has 0 heterocycles. The van der Waals surface area contributed by atoms with Crippen LogP contribution in [0.3, 0.4) is 0 Å². The molecular weight excluding hydrogens is 344 g/mol. The van der Waals surface area contributed by atoms with Crippen LogP contribution in [0.25, 0.3) is 0 Å². The molecule has 0 fully saturated rings. The van der Waals surface area contributed by atoms with Crippen molar-refractivity contribution in [2.24, 2.45) is 5.92 Å². The van der Waals surface area contributed by atoms with Crippen LogP contribution in [0.4, 0.5) is 0 Å². The van der Waals surface area contributed by atoms with Gasteiger partial charge in [0.15, 0.2) is 0 Å². The number of sulfonamides is 1. The molecule has 0 spiro atoms. The molecule has 0 saturated heterocycles. The lowest BCUT2D eigenvalue weighted by Gasteiger charge is -2.14. The third kappa shape index (κ3) is 4.04. The molecule has 0 unspecified atom stereocenters. The van der Waals surface area contributed by atoms with Crippen LogP contribution in [-0.4, -0.2) is 39.3 Å². The number of carbonyl (C=O) groups excluding carboxylic acids is 1. The molecule has 0 aliphatic heterocycles. The number of hydrogen-bond acceptors (Lipinski definition) is 3. The lowest BCUT2D eigenvalue weighted by atomic mass is 10.2. The maximum absolute atomic E-state index is 12.2. The van der Waals surface area contributed by atoms with Crippen LogP contribution < -0.4 is 5.32 Å². The molecule has 0 saturated carbocycles. The summed E-state index contributed by atoms with van der Waals surface area (Å²) >= 11 is 3.21. The first-order valence-corrected chi connectivity index (χ1v) is 8.40. The predicted octanol–water partition coefficient (Wildman–Crippen LogP) is 2.09. The van der Waals surface area contributed by atoms with Crippen LogP contribution in [0.2, 0.25) is 0 Å². The zero-order chi connectivity index (χ0) is 15.5. The Morgan fingerprint density at radius 1 is 1.35 bits per heavy atom. The quantitative estimate of drug-likeness (QED) is 0.871. The molecule has 112 valence electrons. The van der Waals surface area contributed by atoms with E-state index in [0.717, 1.165) is 4.31 Å². The third-order valence-corrected chi connectivity index (χ3v) is 5.43. The molecule has 0 radical (unpaired) electrons. The Hall–Kier alpha value is -0.920. The van der Waals surface area contributed by atoms with E-state index in [-0.39, 0.29) is 10.8 Å². The van der Waals surface area contributed by atoms with Crippen molar-refractivity contribution in [2.75, 3.05) is 20.6 Å². The van der Waals surface area contributed by atoms with E-state index < -0.39 is 10.0 Å². The number of rotatable bonds is 5. The molecule has 0 aromatic heterocycles. The van der Waals surface area contributed by atoms with Crippen LogP contribution in [0.15, 0.2) is 27.6 Å². The van der Waals surface area contributed by atoms with Crippen molar-refractivity contribution >= 4 is 31.9 Å². The molecule has 20 heavy (non-hydrogen) atoms. The minimum absolute atomic E-state index is 0.0831. The number of benzene rings is 1. The van der Waals surface area contributed by atoms with E-state index in [1.165, 1.54) is 20.2 Å². The zero-order valence-electron chi connectivity index (χ0n) is 12.0. The van der Waals surface area contributed by atoms with Gasteiger partial charge in [0, 0.05) is 30.7 Å². The first kappa shape index (κ1) is 17.1. The monoisotopic (exact) mass is 362 g/mol. The molecule has 0 bridgehead atoms. The van der Waals surface area contributed by atoms with Crippen molar-refractivity contribution in [3.05, 3.63) is 28.2 Å². The highest BCUT2D eigenvalue weighted by molar-refractivity contribution is 9.10. The Labute approximate surface area is 128 Å². The van der Waals surface area contributed by atoms with E-state index in [4.69, 9.17) is 0 Å². The van der Waals surface area contributed by atoms with E-state index in [1.54, 1.807) is 12.1 Å². The van der Waals surface area contributed by atoms with Gasteiger partial charge in [-0.1, -0.05) is 13.8 Å². The van der Waals surface area contributed by atoms with Crippen LogP contribution in [-0.2, 0) is 10.0 Å². The van der Waals surface area contributed by atoms with Crippen molar-refractivity contribution in [3.8, 4) is 0 Å². The maximum Gasteiger partial charge on any atom is 0.251 e. The number of amides is 1. The van der Waals surface area contributed by atoms with Gasteiger partial charge in [-0.05, 0) is 40.0 Å². The van der Waals surface area contributed by atoms with Crippen molar-refractivity contribution in [3.63, 3.8) is 0 Å². The molecule has 0 aliphatic carbocycles. The highest BCUT2D eigenvalue weighted by atomic mass is 79.9. The van der Waals surface area contributed by atoms with Crippen molar-refractivity contribution < 1.29 is 13.2 Å². The minimum Gasteiger partial charge on any atom is -0.352 e. The van der Waals surface area contributed by atoms with E-state index >= 15 is 0 Å². The summed E-state index contributed by atoms with van der Waals surface area (Å²) in [5, 5.41) is 2.76. The Balaban J connectivity index is 3.13. The predicted molar refractivity (Wildman–Crippen MR) is 82.2 cm³/mol. The Bertz CT molecular complexity index is 598.